The number of aromatic nitrogens is 1. The van der Waals surface area contributed by atoms with Gasteiger partial charge in [0, 0.05) is 5.56 Å². The maximum Gasteiger partial charge on any atom is 0.251 e. The summed E-state index contributed by atoms with van der Waals surface area (Å²) in [6.45, 7) is 1.87. The molecule has 3 aromatic rings. The van der Waals surface area contributed by atoms with Crippen molar-refractivity contribution in [2.45, 2.75) is 31.6 Å². The number of anilines is 1. The monoisotopic (exact) mass is 381 g/mol. The maximum absolute atomic E-state index is 13.7. The molecular weight excluding hydrogens is 362 g/mol. The molecular formula is C20H19N3O3S. The molecule has 6 nitrogen and oxygen atoms in total. The van der Waals surface area contributed by atoms with Crippen LogP contribution in [0.1, 0.15) is 48.8 Å². The van der Waals surface area contributed by atoms with Gasteiger partial charge in [-0.1, -0.05) is 35.5 Å². The van der Waals surface area contributed by atoms with Crippen LogP contribution in [0.3, 0.4) is 0 Å². The van der Waals surface area contributed by atoms with E-state index in [1.54, 1.807) is 6.26 Å². The molecule has 1 aliphatic rings. The van der Waals surface area contributed by atoms with Gasteiger partial charge in [0.15, 0.2) is 5.78 Å². The van der Waals surface area contributed by atoms with Crippen molar-refractivity contribution in [1.29, 1.82) is 0 Å². The van der Waals surface area contributed by atoms with Crippen LogP contribution in [-0.4, -0.2) is 16.8 Å². The van der Waals surface area contributed by atoms with Gasteiger partial charge in [0.1, 0.15) is 6.26 Å². The Labute approximate surface area is 160 Å². The Hall–Kier alpha value is -2.93. The molecule has 1 amide bonds. The Morgan fingerprint density at radius 3 is 2.70 bits per heavy atom. The lowest BCUT2D eigenvalue weighted by Crippen LogP contribution is -2.42. The Bertz CT molecular complexity index is 1040. The van der Waals surface area contributed by atoms with Gasteiger partial charge in [-0.2, -0.15) is 0 Å². The molecule has 1 aliphatic carbocycles. The van der Waals surface area contributed by atoms with Crippen LogP contribution in [0.5, 0.6) is 0 Å². The average molecular weight is 381 g/mol. The number of hydrogen-bond acceptors (Lipinski definition) is 6. The number of carbonyl (C=O) groups excluding carboxylic acids is 2. The minimum Gasteiger partial charge on any atom is -0.390 e. The first-order chi connectivity index (χ1) is 12.9. The van der Waals surface area contributed by atoms with Crippen LogP contribution >= 0.6 is 11.3 Å². The Morgan fingerprint density at radius 2 is 2.07 bits per heavy atom. The fraction of sp³-hybridized carbons (Fsp3) is 0.250. The minimum atomic E-state index is -0.753. The third kappa shape index (κ3) is 2.66. The Morgan fingerprint density at radius 1 is 1.33 bits per heavy atom. The van der Waals surface area contributed by atoms with E-state index in [4.69, 9.17) is 16.0 Å². The number of carbonyl (C=O) groups is 2. The van der Waals surface area contributed by atoms with Crippen LogP contribution < -0.4 is 11.5 Å². The molecule has 0 aliphatic heterocycles. The summed E-state index contributed by atoms with van der Waals surface area (Å²) in [6, 6.07) is 9.72. The van der Waals surface area contributed by atoms with Crippen LogP contribution in [-0.2, 0) is 18.3 Å². The van der Waals surface area contributed by atoms with Gasteiger partial charge >= 0.3 is 0 Å². The highest BCUT2D eigenvalue weighted by Crippen LogP contribution is 2.46. The SMILES string of the molecule is Cc1nocc1CC1(c2ccccc2)CCc2c(sc(N)c2C(N)=O)C1=O. The predicted molar refractivity (Wildman–Crippen MR) is 103 cm³/mol. The third-order valence-electron chi connectivity index (χ3n) is 5.39. The van der Waals surface area contributed by atoms with Gasteiger partial charge in [-0.3, -0.25) is 9.59 Å². The lowest BCUT2D eigenvalue weighted by atomic mass is 9.65. The van der Waals surface area contributed by atoms with Crippen LogP contribution in [0.25, 0.3) is 0 Å². The summed E-state index contributed by atoms with van der Waals surface area (Å²) in [5, 5.41) is 4.26. The Kier molecular flexibility index (Phi) is 4.11. The van der Waals surface area contributed by atoms with Crippen LogP contribution in [0.2, 0.25) is 0 Å². The standard InChI is InChI=1S/C20H19N3O3S/c1-11-12(10-26-23-11)9-20(13-5-3-2-4-6-13)8-7-14-15(18(21)25)19(22)27-16(14)17(20)24/h2-6,10H,7-9,22H2,1H3,(H2,21,25). The van der Waals surface area contributed by atoms with Gasteiger partial charge in [-0.25, -0.2) is 0 Å². The zero-order chi connectivity index (χ0) is 19.2. The van der Waals surface area contributed by atoms with E-state index >= 15 is 0 Å². The van der Waals surface area contributed by atoms with Crippen molar-refractivity contribution < 1.29 is 14.1 Å². The fourth-order valence-corrected chi connectivity index (χ4v) is 5.12. The summed E-state index contributed by atoms with van der Waals surface area (Å²) in [6.07, 6.45) is 3.20. The molecule has 0 fully saturated rings. The highest BCUT2D eigenvalue weighted by atomic mass is 32.1. The predicted octanol–water partition coefficient (Wildman–Crippen LogP) is 3.04. The van der Waals surface area contributed by atoms with E-state index in [1.165, 1.54) is 0 Å². The second-order valence-electron chi connectivity index (χ2n) is 6.89. The molecule has 0 radical (unpaired) electrons. The van der Waals surface area contributed by atoms with Gasteiger partial charge in [-0.05, 0) is 37.3 Å². The van der Waals surface area contributed by atoms with Gasteiger partial charge < -0.3 is 16.0 Å². The van der Waals surface area contributed by atoms with E-state index in [0.29, 0.717) is 40.3 Å². The number of thiophene rings is 1. The normalized spacial score (nSPS) is 19.1. The zero-order valence-electron chi connectivity index (χ0n) is 14.8. The molecule has 27 heavy (non-hydrogen) atoms. The fourth-order valence-electron chi connectivity index (χ4n) is 3.96. The van der Waals surface area contributed by atoms with Crippen LogP contribution in [0.4, 0.5) is 5.00 Å². The molecule has 0 saturated heterocycles. The van der Waals surface area contributed by atoms with E-state index in [2.05, 4.69) is 5.16 Å². The summed E-state index contributed by atoms with van der Waals surface area (Å²) in [5.41, 5.74) is 14.3. The van der Waals surface area contributed by atoms with Crippen molar-refractivity contribution in [3.05, 3.63) is 69.4 Å². The number of fused-ring (bicyclic) bond motifs is 1. The number of hydrogen-bond donors (Lipinski definition) is 2. The third-order valence-corrected chi connectivity index (χ3v) is 6.45. The number of ketones is 1. The van der Waals surface area contributed by atoms with Crippen molar-refractivity contribution in [2.24, 2.45) is 5.73 Å². The number of nitrogens with zero attached hydrogens (tertiary/aromatic N) is 1. The second-order valence-corrected chi connectivity index (χ2v) is 7.94. The van der Waals surface area contributed by atoms with Crippen molar-refractivity contribution >= 4 is 28.0 Å². The molecule has 2 aromatic heterocycles. The second kappa shape index (κ2) is 6.35. The first-order valence-corrected chi connectivity index (χ1v) is 9.47. The van der Waals surface area contributed by atoms with Crippen molar-refractivity contribution in [2.75, 3.05) is 5.73 Å². The number of benzene rings is 1. The average Bonchev–Trinajstić information content (AvgIpc) is 3.21. The molecule has 0 saturated carbocycles. The van der Waals surface area contributed by atoms with E-state index in [9.17, 15) is 9.59 Å². The smallest absolute Gasteiger partial charge is 0.251 e. The minimum absolute atomic E-state index is 0.0280. The highest BCUT2D eigenvalue weighted by Gasteiger charge is 2.46. The summed E-state index contributed by atoms with van der Waals surface area (Å²) < 4.78 is 5.09. The van der Waals surface area contributed by atoms with E-state index in [1.807, 2.05) is 37.3 Å². The molecule has 2 heterocycles. The van der Waals surface area contributed by atoms with Gasteiger partial charge in [0.25, 0.3) is 5.91 Å². The molecule has 4 rings (SSSR count). The molecule has 1 unspecified atom stereocenters. The topological polar surface area (TPSA) is 112 Å². The number of rotatable bonds is 4. The maximum atomic E-state index is 13.7. The molecule has 7 heteroatoms. The van der Waals surface area contributed by atoms with E-state index in [0.717, 1.165) is 28.2 Å². The number of Topliss-reactive ketones (excluding diaryl/α,β-unsaturated/α-hetero) is 1. The molecule has 1 atom stereocenters. The number of aryl methyl sites for hydroxylation is 1. The molecule has 4 N–H and O–H groups in total. The van der Waals surface area contributed by atoms with Crippen LogP contribution in [0, 0.1) is 6.92 Å². The van der Waals surface area contributed by atoms with E-state index < -0.39 is 11.3 Å². The molecule has 0 bridgehead atoms. The van der Waals surface area contributed by atoms with Crippen molar-refractivity contribution in [3.63, 3.8) is 0 Å². The van der Waals surface area contributed by atoms with Gasteiger partial charge in [0.2, 0.25) is 0 Å². The van der Waals surface area contributed by atoms with Gasteiger partial charge in [0.05, 0.1) is 26.6 Å². The number of primary amides is 1. The first kappa shape index (κ1) is 17.5. The summed E-state index contributed by atoms with van der Waals surface area (Å²) in [5.74, 6) is -0.611. The number of nitrogen functional groups attached to an aromatic ring is 1. The first-order valence-electron chi connectivity index (χ1n) is 8.65. The lowest BCUT2D eigenvalue weighted by molar-refractivity contribution is 0.0863. The summed E-state index contributed by atoms with van der Waals surface area (Å²) in [7, 11) is 0. The van der Waals surface area contributed by atoms with Crippen LogP contribution in [0.15, 0.2) is 41.1 Å². The van der Waals surface area contributed by atoms with Gasteiger partial charge in [-0.15, -0.1) is 11.3 Å². The zero-order valence-corrected chi connectivity index (χ0v) is 15.6. The lowest BCUT2D eigenvalue weighted by Gasteiger charge is -2.36. The Balaban J connectivity index is 1.88. The van der Waals surface area contributed by atoms with Crippen molar-refractivity contribution in [3.8, 4) is 0 Å². The summed E-state index contributed by atoms with van der Waals surface area (Å²) in [4.78, 5) is 26.1. The molecule has 1 aromatic carbocycles. The quantitative estimate of drug-likeness (QED) is 0.721. The van der Waals surface area contributed by atoms with E-state index in [-0.39, 0.29) is 5.78 Å². The number of nitrogens with two attached hydrogens (primary N) is 2. The summed E-state index contributed by atoms with van der Waals surface area (Å²) >= 11 is 1.16. The highest BCUT2D eigenvalue weighted by molar-refractivity contribution is 7.18. The largest absolute Gasteiger partial charge is 0.390 e. The molecule has 138 valence electrons. The number of amides is 1. The van der Waals surface area contributed by atoms with Crippen molar-refractivity contribution in [1.82, 2.24) is 5.16 Å². The molecule has 0 spiro atoms.